The van der Waals surface area contributed by atoms with Gasteiger partial charge in [-0.2, -0.15) is 13.2 Å². The van der Waals surface area contributed by atoms with Crippen molar-refractivity contribution in [2.45, 2.75) is 37.1 Å². The Morgan fingerprint density at radius 2 is 1.70 bits per heavy atom. The molecule has 10 heteroatoms. The van der Waals surface area contributed by atoms with Crippen molar-refractivity contribution >= 4 is 21.6 Å². The van der Waals surface area contributed by atoms with Crippen LogP contribution in [-0.2, 0) is 20.9 Å². The van der Waals surface area contributed by atoms with Gasteiger partial charge < -0.3 is 9.64 Å². The molecule has 1 aliphatic heterocycles. The maximum atomic E-state index is 13.0. The van der Waals surface area contributed by atoms with Crippen molar-refractivity contribution in [1.82, 2.24) is 4.90 Å². The van der Waals surface area contributed by atoms with E-state index in [2.05, 4.69) is 4.72 Å². The van der Waals surface area contributed by atoms with Gasteiger partial charge in [0.15, 0.2) is 0 Å². The summed E-state index contributed by atoms with van der Waals surface area (Å²) in [6, 6.07) is 9.41. The molecule has 1 heterocycles. The summed E-state index contributed by atoms with van der Waals surface area (Å²) >= 11 is 0. The number of ether oxygens (including phenoxy) is 1. The summed E-state index contributed by atoms with van der Waals surface area (Å²) < 4.78 is 72.1. The number of sulfonamides is 1. The van der Waals surface area contributed by atoms with Crippen LogP contribution in [0.4, 0.5) is 18.9 Å². The number of benzene rings is 2. The van der Waals surface area contributed by atoms with E-state index in [-0.39, 0.29) is 29.4 Å². The van der Waals surface area contributed by atoms with E-state index >= 15 is 0 Å². The highest BCUT2D eigenvalue weighted by Gasteiger charge is 2.32. The van der Waals surface area contributed by atoms with Crippen LogP contribution in [0.1, 0.15) is 29.8 Å². The van der Waals surface area contributed by atoms with Gasteiger partial charge in [-0.05, 0) is 44.2 Å². The molecule has 2 aromatic rings. The molecule has 1 amide bonds. The van der Waals surface area contributed by atoms with Gasteiger partial charge in [0, 0.05) is 13.1 Å². The maximum Gasteiger partial charge on any atom is 0.416 e. The van der Waals surface area contributed by atoms with Crippen LogP contribution in [-0.4, -0.2) is 44.5 Å². The first kappa shape index (κ1) is 22.1. The van der Waals surface area contributed by atoms with Gasteiger partial charge in [0.05, 0.1) is 33.9 Å². The molecular weight excluding hydrogens is 421 g/mol. The van der Waals surface area contributed by atoms with Crippen LogP contribution in [0.25, 0.3) is 0 Å². The van der Waals surface area contributed by atoms with E-state index in [1.165, 1.54) is 18.2 Å². The number of halogens is 3. The highest BCUT2D eigenvalue weighted by Crippen LogP contribution is 2.31. The van der Waals surface area contributed by atoms with Crippen molar-refractivity contribution in [3.05, 3.63) is 59.7 Å². The lowest BCUT2D eigenvalue weighted by Crippen LogP contribution is -2.48. The molecule has 1 saturated heterocycles. The average molecular weight is 442 g/mol. The first-order valence-electron chi connectivity index (χ1n) is 9.21. The van der Waals surface area contributed by atoms with E-state index in [0.29, 0.717) is 19.2 Å². The molecule has 0 radical (unpaired) electrons. The molecule has 1 N–H and O–H groups in total. The number of para-hydroxylation sites is 1. The largest absolute Gasteiger partial charge is 0.416 e. The van der Waals surface area contributed by atoms with Crippen molar-refractivity contribution in [2.24, 2.45) is 0 Å². The second-order valence-electron chi connectivity index (χ2n) is 7.14. The normalized spacial score (nSPS) is 20.1. The first-order valence-corrected chi connectivity index (χ1v) is 10.7. The Kier molecular flexibility index (Phi) is 6.09. The molecule has 162 valence electrons. The van der Waals surface area contributed by atoms with Crippen LogP contribution in [0, 0.1) is 0 Å². The summed E-state index contributed by atoms with van der Waals surface area (Å²) in [7, 11) is -4.35. The van der Waals surface area contributed by atoms with Crippen molar-refractivity contribution < 1.29 is 31.1 Å². The molecule has 2 atom stereocenters. The predicted molar refractivity (Wildman–Crippen MR) is 105 cm³/mol. The molecule has 0 bridgehead atoms. The number of hydrogen-bond acceptors (Lipinski definition) is 4. The van der Waals surface area contributed by atoms with Crippen LogP contribution < -0.4 is 4.72 Å². The summed E-state index contributed by atoms with van der Waals surface area (Å²) in [5.41, 5.74) is -0.980. The Hall–Kier alpha value is -2.59. The average Bonchev–Trinajstić information content (AvgIpc) is 2.66. The van der Waals surface area contributed by atoms with E-state index in [0.717, 1.165) is 18.2 Å². The SMILES string of the molecule is CC1CN(C(=O)c2ccccc2NS(=O)(=O)c2cccc(C(F)(F)F)c2)CC(C)O1. The lowest BCUT2D eigenvalue weighted by Gasteiger charge is -2.35. The van der Waals surface area contributed by atoms with Gasteiger partial charge in [-0.3, -0.25) is 9.52 Å². The predicted octanol–water partition coefficient (Wildman–Crippen LogP) is 3.76. The number of nitrogens with zero attached hydrogens (tertiary/aromatic N) is 1. The number of hydrogen-bond donors (Lipinski definition) is 1. The van der Waals surface area contributed by atoms with Gasteiger partial charge in [0.25, 0.3) is 15.9 Å². The number of alkyl halides is 3. The summed E-state index contributed by atoms with van der Waals surface area (Å²) in [4.78, 5) is 14.0. The van der Waals surface area contributed by atoms with Crippen molar-refractivity contribution in [3.63, 3.8) is 0 Å². The second-order valence-corrected chi connectivity index (χ2v) is 8.83. The lowest BCUT2D eigenvalue weighted by atomic mass is 10.1. The molecule has 1 aliphatic rings. The van der Waals surface area contributed by atoms with Gasteiger partial charge >= 0.3 is 6.18 Å². The van der Waals surface area contributed by atoms with Gasteiger partial charge in [0.1, 0.15) is 0 Å². The fourth-order valence-corrected chi connectivity index (χ4v) is 4.44. The van der Waals surface area contributed by atoms with E-state index in [4.69, 9.17) is 4.74 Å². The van der Waals surface area contributed by atoms with E-state index in [1.54, 1.807) is 11.0 Å². The molecule has 0 aromatic heterocycles. The van der Waals surface area contributed by atoms with Gasteiger partial charge in [-0.1, -0.05) is 18.2 Å². The van der Waals surface area contributed by atoms with Gasteiger partial charge in [-0.25, -0.2) is 8.42 Å². The Morgan fingerprint density at radius 3 is 2.33 bits per heavy atom. The fraction of sp³-hybridized carbons (Fsp3) is 0.350. The number of carbonyl (C=O) groups is 1. The van der Waals surface area contributed by atoms with E-state index in [1.807, 2.05) is 13.8 Å². The molecule has 2 aromatic carbocycles. The molecule has 0 spiro atoms. The third kappa shape index (κ3) is 4.93. The van der Waals surface area contributed by atoms with Crippen LogP contribution in [0.5, 0.6) is 0 Å². The summed E-state index contributed by atoms with van der Waals surface area (Å²) in [6.45, 7) is 4.35. The fourth-order valence-electron chi connectivity index (χ4n) is 3.32. The number of amides is 1. The third-order valence-electron chi connectivity index (χ3n) is 4.58. The Morgan fingerprint density at radius 1 is 1.07 bits per heavy atom. The quantitative estimate of drug-likeness (QED) is 0.783. The zero-order valence-corrected chi connectivity index (χ0v) is 17.1. The minimum Gasteiger partial charge on any atom is -0.372 e. The van der Waals surface area contributed by atoms with Crippen LogP contribution in [0.15, 0.2) is 53.4 Å². The molecule has 0 saturated carbocycles. The molecule has 1 fully saturated rings. The molecule has 30 heavy (non-hydrogen) atoms. The number of morpholine rings is 1. The smallest absolute Gasteiger partial charge is 0.372 e. The van der Waals surface area contributed by atoms with E-state index < -0.39 is 26.7 Å². The van der Waals surface area contributed by atoms with Crippen LogP contribution in [0.2, 0.25) is 0 Å². The highest BCUT2D eigenvalue weighted by molar-refractivity contribution is 7.92. The molecule has 0 aliphatic carbocycles. The van der Waals surface area contributed by atoms with Gasteiger partial charge in [0.2, 0.25) is 0 Å². The van der Waals surface area contributed by atoms with Crippen molar-refractivity contribution in [1.29, 1.82) is 0 Å². The third-order valence-corrected chi connectivity index (χ3v) is 5.94. The molecule has 6 nitrogen and oxygen atoms in total. The summed E-state index contributed by atoms with van der Waals surface area (Å²) in [5.74, 6) is -0.389. The first-order chi connectivity index (χ1) is 14.0. The highest BCUT2D eigenvalue weighted by atomic mass is 32.2. The lowest BCUT2D eigenvalue weighted by molar-refractivity contribution is -0.137. The van der Waals surface area contributed by atoms with Crippen molar-refractivity contribution in [2.75, 3.05) is 17.8 Å². The zero-order valence-electron chi connectivity index (χ0n) is 16.3. The van der Waals surface area contributed by atoms with Crippen LogP contribution >= 0.6 is 0 Å². The second kappa shape index (κ2) is 8.27. The Bertz CT molecular complexity index is 1030. The maximum absolute atomic E-state index is 13.0. The number of carbonyl (C=O) groups excluding carboxylic acids is 1. The van der Waals surface area contributed by atoms with Gasteiger partial charge in [-0.15, -0.1) is 0 Å². The number of anilines is 1. The summed E-state index contributed by atoms with van der Waals surface area (Å²) in [6.07, 6.45) is -5.03. The zero-order chi connectivity index (χ0) is 22.1. The summed E-state index contributed by atoms with van der Waals surface area (Å²) in [5, 5.41) is 0. The number of rotatable bonds is 4. The Labute approximate surface area is 172 Å². The minimum absolute atomic E-state index is 0.00768. The minimum atomic E-state index is -4.68. The number of nitrogens with one attached hydrogen (secondary N) is 1. The molecule has 3 rings (SSSR count). The Balaban J connectivity index is 1.90. The topological polar surface area (TPSA) is 75.7 Å². The monoisotopic (exact) mass is 442 g/mol. The van der Waals surface area contributed by atoms with Crippen LogP contribution in [0.3, 0.4) is 0 Å². The van der Waals surface area contributed by atoms with Crippen molar-refractivity contribution in [3.8, 4) is 0 Å². The van der Waals surface area contributed by atoms with E-state index in [9.17, 15) is 26.4 Å². The standard InChI is InChI=1S/C20H21F3N2O4S/c1-13-11-25(12-14(2)29-13)19(26)17-8-3-4-9-18(17)24-30(27,28)16-7-5-6-15(10-16)20(21,22)23/h3-10,13-14,24H,11-12H2,1-2H3. The molecular formula is C20H21F3N2O4S. The molecule has 2 unspecified atom stereocenters.